The minimum Gasteiger partial charge on any atom is -0.363 e. The van der Waals surface area contributed by atoms with Crippen LogP contribution in [0.5, 0.6) is 0 Å². The first-order valence-electron chi connectivity index (χ1n) is 8.90. The smallest absolute Gasteiger partial charge is 0.319 e. The average molecular weight is 403 g/mol. The van der Waals surface area contributed by atoms with Crippen LogP contribution in [-0.2, 0) is 11.3 Å². The lowest BCUT2D eigenvalue weighted by atomic mass is 10.2. The summed E-state index contributed by atoms with van der Waals surface area (Å²) in [5.74, 6) is 0.825. The highest BCUT2D eigenvalue weighted by atomic mass is 35.5. The molecule has 1 aromatic carbocycles. The number of nitrogens with one attached hydrogen (secondary N) is 3. The van der Waals surface area contributed by atoms with E-state index in [0.717, 1.165) is 17.1 Å². The van der Waals surface area contributed by atoms with Crippen molar-refractivity contribution >= 4 is 40.7 Å². The van der Waals surface area contributed by atoms with E-state index >= 15 is 0 Å². The molecule has 2 heterocycles. The first kappa shape index (κ1) is 19.8. The quantitative estimate of drug-likeness (QED) is 0.712. The molecular formula is C19H23ClN6O2. The van der Waals surface area contributed by atoms with Gasteiger partial charge in [0.25, 0.3) is 0 Å². The topological polar surface area (TPSA) is 89.6 Å². The second kappa shape index (κ2) is 8.79. The highest BCUT2D eigenvalue weighted by Gasteiger charge is 2.18. The minimum atomic E-state index is -0.335. The van der Waals surface area contributed by atoms with Gasteiger partial charge in [0.1, 0.15) is 5.82 Å². The lowest BCUT2D eigenvalue weighted by molar-refractivity contribution is -0.120. The predicted octanol–water partition coefficient (Wildman–Crippen LogP) is 2.06. The van der Waals surface area contributed by atoms with Crippen LogP contribution in [0.15, 0.2) is 36.5 Å². The fourth-order valence-corrected chi connectivity index (χ4v) is 3.13. The summed E-state index contributed by atoms with van der Waals surface area (Å²) in [5, 5.41) is 8.81. The van der Waals surface area contributed by atoms with Gasteiger partial charge >= 0.3 is 6.03 Å². The summed E-state index contributed by atoms with van der Waals surface area (Å²) in [7, 11) is 3.84. The monoisotopic (exact) mass is 402 g/mol. The van der Waals surface area contributed by atoms with Gasteiger partial charge in [0.05, 0.1) is 17.3 Å². The van der Waals surface area contributed by atoms with Crippen LogP contribution in [0.4, 0.5) is 22.0 Å². The number of nitrogens with zero attached hydrogens (tertiary/aromatic N) is 3. The van der Waals surface area contributed by atoms with E-state index in [0.29, 0.717) is 30.3 Å². The van der Waals surface area contributed by atoms with E-state index in [1.54, 1.807) is 24.4 Å². The zero-order valence-electron chi connectivity index (χ0n) is 15.8. The molecule has 28 heavy (non-hydrogen) atoms. The van der Waals surface area contributed by atoms with Crippen molar-refractivity contribution in [2.45, 2.75) is 6.54 Å². The lowest BCUT2D eigenvalue weighted by Crippen LogP contribution is -2.47. The molecule has 1 aliphatic heterocycles. The van der Waals surface area contributed by atoms with Crippen LogP contribution in [0.25, 0.3) is 0 Å². The zero-order chi connectivity index (χ0) is 20.1. The number of pyridine rings is 1. The zero-order valence-corrected chi connectivity index (χ0v) is 16.6. The summed E-state index contributed by atoms with van der Waals surface area (Å²) >= 11 is 6.35. The number of benzene rings is 1. The number of hydrogen-bond donors (Lipinski definition) is 3. The Morgan fingerprint density at radius 2 is 2.14 bits per heavy atom. The molecule has 1 saturated heterocycles. The first-order chi connectivity index (χ1) is 13.4. The summed E-state index contributed by atoms with van der Waals surface area (Å²) in [5.41, 5.74) is 2.25. The maximum atomic E-state index is 12.1. The molecule has 0 radical (unpaired) electrons. The standard InChI is InChI=1S/C19H23ClN6O2/c1-25(2)17-6-3-13(10-22-17)11-23-19(28)24-14-4-5-16(15(20)9-14)26-8-7-21-18(27)12-26/h3-6,9-10H,7-8,11-12H2,1-2H3,(H,21,27)(H2,23,24,28). The predicted molar refractivity (Wildman–Crippen MR) is 111 cm³/mol. The Balaban J connectivity index is 1.55. The van der Waals surface area contributed by atoms with Crippen LogP contribution in [-0.4, -0.2) is 50.7 Å². The van der Waals surface area contributed by atoms with Crippen LogP contribution < -0.4 is 25.8 Å². The van der Waals surface area contributed by atoms with Gasteiger partial charge in [0, 0.05) is 45.6 Å². The summed E-state index contributed by atoms with van der Waals surface area (Å²) in [4.78, 5) is 31.8. The molecule has 0 spiro atoms. The van der Waals surface area contributed by atoms with E-state index in [1.165, 1.54) is 0 Å². The Morgan fingerprint density at radius 3 is 2.79 bits per heavy atom. The van der Waals surface area contributed by atoms with Crippen molar-refractivity contribution < 1.29 is 9.59 Å². The maximum absolute atomic E-state index is 12.1. The van der Waals surface area contributed by atoms with E-state index < -0.39 is 0 Å². The van der Waals surface area contributed by atoms with Gasteiger partial charge < -0.3 is 25.8 Å². The molecule has 3 amide bonds. The molecule has 3 rings (SSSR count). The molecular weight excluding hydrogens is 380 g/mol. The fraction of sp³-hybridized carbons (Fsp3) is 0.316. The van der Waals surface area contributed by atoms with Crippen molar-refractivity contribution in [1.29, 1.82) is 0 Å². The minimum absolute atomic E-state index is 0.0306. The Kier molecular flexibility index (Phi) is 6.20. The van der Waals surface area contributed by atoms with Gasteiger partial charge in [-0.3, -0.25) is 4.79 Å². The third-order valence-corrected chi connectivity index (χ3v) is 4.61. The van der Waals surface area contributed by atoms with Crippen LogP contribution in [0.3, 0.4) is 0 Å². The van der Waals surface area contributed by atoms with Crippen LogP contribution >= 0.6 is 11.6 Å². The third-order valence-electron chi connectivity index (χ3n) is 4.30. The van der Waals surface area contributed by atoms with Crippen LogP contribution in [0.1, 0.15) is 5.56 Å². The highest BCUT2D eigenvalue weighted by molar-refractivity contribution is 6.33. The number of aromatic nitrogens is 1. The van der Waals surface area contributed by atoms with E-state index in [2.05, 4.69) is 20.9 Å². The van der Waals surface area contributed by atoms with E-state index in [-0.39, 0.29) is 18.5 Å². The van der Waals surface area contributed by atoms with E-state index in [9.17, 15) is 9.59 Å². The SMILES string of the molecule is CN(C)c1ccc(CNC(=O)Nc2ccc(N3CCNC(=O)C3)c(Cl)c2)cn1. The molecule has 1 aliphatic rings. The van der Waals surface area contributed by atoms with Crippen LogP contribution in [0.2, 0.25) is 5.02 Å². The highest BCUT2D eigenvalue weighted by Crippen LogP contribution is 2.29. The van der Waals surface area contributed by atoms with Gasteiger partial charge in [-0.15, -0.1) is 0 Å². The second-order valence-corrected chi connectivity index (χ2v) is 7.07. The largest absolute Gasteiger partial charge is 0.363 e. The number of rotatable bonds is 5. The van der Waals surface area contributed by atoms with Crippen molar-refractivity contribution in [2.75, 3.05) is 48.8 Å². The first-order valence-corrected chi connectivity index (χ1v) is 9.28. The van der Waals surface area contributed by atoms with Gasteiger partial charge in [-0.05, 0) is 29.8 Å². The molecule has 0 bridgehead atoms. The molecule has 8 nitrogen and oxygen atoms in total. The number of amides is 3. The number of anilines is 3. The Morgan fingerprint density at radius 1 is 1.32 bits per heavy atom. The summed E-state index contributed by atoms with van der Waals surface area (Å²) in [6.07, 6.45) is 1.73. The fourth-order valence-electron chi connectivity index (χ4n) is 2.83. The van der Waals surface area contributed by atoms with Crippen molar-refractivity contribution in [1.82, 2.24) is 15.6 Å². The van der Waals surface area contributed by atoms with Crippen molar-refractivity contribution in [3.63, 3.8) is 0 Å². The molecule has 9 heteroatoms. The molecule has 1 aromatic heterocycles. The van der Waals surface area contributed by atoms with Gasteiger partial charge in [-0.1, -0.05) is 17.7 Å². The van der Waals surface area contributed by atoms with Gasteiger partial charge in [0.15, 0.2) is 0 Å². The molecule has 2 aromatic rings. The molecule has 3 N–H and O–H groups in total. The number of urea groups is 1. The van der Waals surface area contributed by atoms with Gasteiger partial charge in [-0.25, -0.2) is 9.78 Å². The molecule has 0 atom stereocenters. The Bertz CT molecular complexity index is 856. The summed E-state index contributed by atoms with van der Waals surface area (Å²) < 4.78 is 0. The molecule has 0 unspecified atom stereocenters. The number of carbonyl (C=O) groups is 2. The maximum Gasteiger partial charge on any atom is 0.319 e. The Hall–Kier alpha value is -3.00. The lowest BCUT2D eigenvalue weighted by Gasteiger charge is -2.29. The van der Waals surface area contributed by atoms with Gasteiger partial charge in [-0.2, -0.15) is 0 Å². The van der Waals surface area contributed by atoms with Crippen molar-refractivity contribution in [2.24, 2.45) is 0 Å². The number of halogens is 1. The summed E-state index contributed by atoms with van der Waals surface area (Å²) in [6.45, 7) is 1.91. The molecule has 1 fully saturated rings. The molecule has 0 saturated carbocycles. The third kappa shape index (κ3) is 5.04. The van der Waals surface area contributed by atoms with Crippen LogP contribution in [0, 0.1) is 0 Å². The normalized spacial score (nSPS) is 13.7. The molecule has 0 aliphatic carbocycles. The number of piperazine rings is 1. The van der Waals surface area contributed by atoms with Crippen molar-refractivity contribution in [3.8, 4) is 0 Å². The summed E-state index contributed by atoms with van der Waals surface area (Å²) in [6, 6.07) is 8.73. The van der Waals surface area contributed by atoms with E-state index in [4.69, 9.17) is 11.6 Å². The Labute approximate surface area is 168 Å². The average Bonchev–Trinajstić information content (AvgIpc) is 2.67. The molecule has 148 valence electrons. The second-order valence-electron chi connectivity index (χ2n) is 6.66. The van der Waals surface area contributed by atoms with Crippen molar-refractivity contribution in [3.05, 3.63) is 47.1 Å². The number of hydrogen-bond acceptors (Lipinski definition) is 5. The van der Waals surface area contributed by atoms with E-state index in [1.807, 2.05) is 36.0 Å². The van der Waals surface area contributed by atoms with Gasteiger partial charge in [0.2, 0.25) is 5.91 Å². The number of carbonyl (C=O) groups excluding carboxylic acids is 2.